The highest BCUT2D eigenvalue weighted by atomic mass is 16.5. The summed E-state index contributed by atoms with van der Waals surface area (Å²) in [6, 6.07) is 8.27. The number of hydrogen-bond acceptors (Lipinski definition) is 7. The summed E-state index contributed by atoms with van der Waals surface area (Å²) < 4.78 is 6.51. The minimum absolute atomic E-state index is 0.0543. The molecular formula is C22H25N5O4. The van der Waals surface area contributed by atoms with Crippen LogP contribution in [0.25, 0.3) is 5.78 Å². The Bertz CT molecular complexity index is 1110. The van der Waals surface area contributed by atoms with Gasteiger partial charge in [0.05, 0.1) is 0 Å². The summed E-state index contributed by atoms with van der Waals surface area (Å²) in [6.07, 6.45) is 3.38. The molecule has 0 aliphatic rings. The fraction of sp³-hybridized carbons (Fsp3) is 0.364. The Labute approximate surface area is 179 Å². The molecule has 0 unspecified atom stereocenters. The number of amides is 1. The van der Waals surface area contributed by atoms with Gasteiger partial charge in [0.2, 0.25) is 5.91 Å². The van der Waals surface area contributed by atoms with E-state index in [1.54, 1.807) is 24.3 Å². The quantitative estimate of drug-likeness (QED) is 0.319. The van der Waals surface area contributed by atoms with Crippen LogP contribution < -0.4 is 5.32 Å². The smallest absolute Gasteiger partial charge is 0.378 e. The lowest BCUT2D eigenvalue weighted by molar-refractivity contribution is -0.116. The molecule has 9 heteroatoms. The molecule has 3 aromatic rings. The SMILES string of the molecule is CCCCCC(=O)Nc1ccc(C(=O)COC(=O)c2nc3nc(C)cc(C)n3n2)cc1. The fourth-order valence-corrected chi connectivity index (χ4v) is 3.03. The lowest BCUT2D eigenvalue weighted by Crippen LogP contribution is -2.16. The third kappa shape index (κ3) is 5.71. The summed E-state index contributed by atoms with van der Waals surface area (Å²) in [5.41, 5.74) is 2.52. The van der Waals surface area contributed by atoms with Gasteiger partial charge < -0.3 is 10.1 Å². The number of hydrogen-bond donors (Lipinski definition) is 1. The highest BCUT2D eigenvalue weighted by Crippen LogP contribution is 2.12. The second-order valence-electron chi connectivity index (χ2n) is 7.27. The van der Waals surface area contributed by atoms with Gasteiger partial charge in [0.1, 0.15) is 0 Å². The first kappa shape index (κ1) is 22.1. The van der Waals surface area contributed by atoms with Gasteiger partial charge in [-0.1, -0.05) is 19.8 Å². The van der Waals surface area contributed by atoms with E-state index in [0.717, 1.165) is 30.7 Å². The number of nitrogens with one attached hydrogen (secondary N) is 1. The van der Waals surface area contributed by atoms with Crippen molar-refractivity contribution in [1.29, 1.82) is 0 Å². The number of ketones is 1. The minimum Gasteiger partial charge on any atom is -0.451 e. The molecule has 2 heterocycles. The second kappa shape index (κ2) is 9.92. The van der Waals surface area contributed by atoms with E-state index >= 15 is 0 Å². The van der Waals surface area contributed by atoms with Crippen LogP contribution in [-0.2, 0) is 9.53 Å². The molecule has 0 atom stereocenters. The molecule has 9 nitrogen and oxygen atoms in total. The van der Waals surface area contributed by atoms with Crippen molar-refractivity contribution in [3.63, 3.8) is 0 Å². The van der Waals surface area contributed by atoms with E-state index in [1.807, 2.05) is 19.9 Å². The number of esters is 1. The summed E-state index contributed by atoms with van der Waals surface area (Å²) in [7, 11) is 0. The standard InChI is InChI=1S/C22H25N5O4/c1-4-5-6-7-19(29)24-17-10-8-16(9-11-17)18(28)13-31-21(30)20-25-22-23-14(2)12-15(3)27(22)26-20/h8-12H,4-7,13H2,1-3H3,(H,24,29). The first-order valence-electron chi connectivity index (χ1n) is 10.2. The van der Waals surface area contributed by atoms with Crippen LogP contribution in [-0.4, -0.2) is 43.8 Å². The van der Waals surface area contributed by atoms with Crippen molar-refractivity contribution in [2.24, 2.45) is 0 Å². The molecule has 0 saturated carbocycles. The van der Waals surface area contributed by atoms with Gasteiger partial charge in [-0.25, -0.2) is 14.3 Å². The number of anilines is 1. The van der Waals surface area contributed by atoms with Crippen LogP contribution in [0.2, 0.25) is 0 Å². The third-order valence-corrected chi connectivity index (χ3v) is 4.63. The summed E-state index contributed by atoms with van der Waals surface area (Å²) in [6.45, 7) is 5.29. The van der Waals surface area contributed by atoms with Crippen LogP contribution in [0.1, 0.15) is 65.0 Å². The van der Waals surface area contributed by atoms with Crippen LogP contribution in [0.15, 0.2) is 30.3 Å². The molecule has 1 amide bonds. The fourth-order valence-electron chi connectivity index (χ4n) is 3.03. The molecule has 0 aliphatic heterocycles. The highest BCUT2D eigenvalue weighted by molar-refractivity contribution is 5.99. The lowest BCUT2D eigenvalue weighted by Gasteiger charge is -2.06. The van der Waals surface area contributed by atoms with Gasteiger partial charge in [-0.3, -0.25) is 9.59 Å². The normalized spacial score (nSPS) is 10.8. The van der Waals surface area contributed by atoms with Crippen molar-refractivity contribution < 1.29 is 19.1 Å². The lowest BCUT2D eigenvalue weighted by atomic mass is 10.1. The summed E-state index contributed by atoms with van der Waals surface area (Å²) in [5.74, 6) is -1.09. The molecule has 0 radical (unpaired) electrons. The number of aryl methyl sites for hydroxylation is 2. The Morgan fingerprint density at radius 1 is 1.06 bits per heavy atom. The van der Waals surface area contributed by atoms with E-state index < -0.39 is 12.6 Å². The predicted octanol–water partition coefficient (Wildman–Crippen LogP) is 3.30. The molecular weight excluding hydrogens is 398 g/mol. The van der Waals surface area contributed by atoms with Crippen LogP contribution in [0, 0.1) is 13.8 Å². The minimum atomic E-state index is -0.799. The van der Waals surface area contributed by atoms with Gasteiger partial charge >= 0.3 is 5.97 Å². The number of unbranched alkanes of at least 4 members (excludes halogenated alkanes) is 2. The Kier molecular flexibility index (Phi) is 7.07. The molecule has 0 aliphatic carbocycles. The van der Waals surface area contributed by atoms with Gasteiger partial charge in [-0.05, 0) is 50.6 Å². The number of ether oxygens (including phenoxy) is 1. The molecule has 3 rings (SSSR count). The highest BCUT2D eigenvalue weighted by Gasteiger charge is 2.18. The van der Waals surface area contributed by atoms with Gasteiger partial charge in [0, 0.05) is 29.1 Å². The zero-order chi connectivity index (χ0) is 22.4. The van der Waals surface area contributed by atoms with Crippen molar-refractivity contribution >= 4 is 29.1 Å². The van der Waals surface area contributed by atoms with Crippen molar-refractivity contribution in [1.82, 2.24) is 19.6 Å². The third-order valence-electron chi connectivity index (χ3n) is 4.63. The van der Waals surface area contributed by atoms with Crippen molar-refractivity contribution in [3.05, 3.63) is 53.1 Å². The van der Waals surface area contributed by atoms with Crippen molar-refractivity contribution in [2.45, 2.75) is 46.5 Å². The molecule has 0 bridgehead atoms. The van der Waals surface area contributed by atoms with E-state index in [9.17, 15) is 14.4 Å². The number of carbonyl (C=O) groups excluding carboxylic acids is 3. The molecule has 0 fully saturated rings. The zero-order valence-corrected chi connectivity index (χ0v) is 17.8. The predicted molar refractivity (Wildman–Crippen MR) is 114 cm³/mol. The molecule has 31 heavy (non-hydrogen) atoms. The van der Waals surface area contributed by atoms with E-state index in [-0.39, 0.29) is 17.5 Å². The first-order chi connectivity index (χ1) is 14.9. The number of Topliss-reactive ketones (excluding diaryl/α,β-unsaturated/α-hetero) is 1. The van der Waals surface area contributed by atoms with E-state index in [2.05, 4.69) is 27.3 Å². The number of nitrogens with zero attached hydrogens (tertiary/aromatic N) is 4. The maximum Gasteiger partial charge on any atom is 0.378 e. The molecule has 0 spiro atoms. The average Bonchev–Trinajstić information content (AvgIpc) is 3.17. The second-order valence-corrected chi connectivity index (χ2v) is 7.27. The monoisotopic (exact) mass is 423 g/mol. The van der Waals surface area contributed by atoms with Crippen LogP contribution in [0.4, 0.5) is 5.69 Å². The molecule has 1 N–H and O–H groups in total. The van der Waals surface area contributed by atoms with Gasteiger partial charge in [0.25, 0.3) is 11.6 Å². The zero-order valence-electron chi connectivity index (χ0n) is 17.8. The molecule has 1 aromatic carbocycles. The van der Waals surface area contributed by atoms with E-state index in [1.165, 1.54) is 4.52 Å². The molecule has 162 valence electrons. The van der Waals surface area contributed by atoms with Gasteiger partial charge in [-0.15, -0.1) is 5.10 Å². The maximum absolute atomic E-state index is 12.3. The van der Waals surface area contributed by atoms with Crippen LogP contribution in [0.5, 0.6) is 0 Å². The summed E-state index contributed by atoms with van der Waals surface area (Å²) in [5, 5.41) is 6.89. The van der Waals surface area contributed by atoms with Crippen LogP contribution in [0.3, 0.4) is 0 Å². The Morgan fingerprint density at radius 2 is 1.81 bits per heavy atom. The Morgan fingerprint density at radius 3 is 2.52 bits per heavy atom. The number of rotatable bonds is 9. The van der Waals surface area contributed by atoms with Crippen molar-refractivity contribution in [3.8, 4) is 0 Å². The number of aromatic nitrogens is 4. The Hall–Kier alpha value is -3.62. The average molecular weight is 423 g/mol. The molecule has 2 aromatic heterocycles. The van der Waals surface area contributed by atoms with Gasteiger partial charge in [-0.2, -0.15) is 4.98 Å². The summed E-state index contributed by atoms with van der Waals surface area (Å²) >= 11 is 0. The van der Waals surface area contributed by atoms with Crippen molar-refractivity contribution in [2.75, 3.05) is 11.9 Å². The number of benzene rings is 1. The summed E-state index contributed by atoms with van der Waals surface area (Å²) in [4.78, 5) is 44.7. The largest absolute Gasteiger partial charge is 0.451 e. The molecule has 0 saturated heterocycles. The van der Waals surface area contributed by atoms with Gasteiger partial charge in [0.15, 0.2) is 12.4 Å². The first-order valence-corrected chi connectivity index (χ1v) is 10.2. The topological polar surface area (TPSA) is 116 Å². The number of carbonyl (C=O) groups is 3. The Balaban J connectivity index is 1.55. The van der Waals surface area contributed by atoms with E-state index in [0.29, 0.717) is 23.4 Å². The van der Waals surface area contributed by atoms with Crippen LogP contribution >= 0.6 is 0 Å². The number of fused-ring (bicyclic) bond motifs is 1. The van der Waals surface area contributed by atoms with E-state index in [4.69, 9.17) is 4.74 Å². The maximum atomic E-state index is 12.3.